The van der Waals surface area contributed by atoms with E-state index in [9.17, 15) is 19.5 Å². The standard InChI is InChI=1S/C25H27N3O5/c1-4-14-9-7-10-16-21(14)26-24(32)25(16)19-18(20(27-25)13(2)29)22(30)28(23(19)31)12-15-8-5-6-11-17(15)33-3/h5-11,13,18-20,27,29H,4,12H2,1-3H3,(H,26,32)/t13?,18-,19-,20?,25?/m0/s1. The van der Waals surface area contributed by atoms with E-state index in [2.05, 4.69) is 10.6 Å². The average molecular weight is 450 g/mol. The number of aliphatic hydroxyl groups is 1. The van der Waals surface area contributed by atoms with Gasteiger partial charge in [0.2, 0.25) is 17.7 Å². The fourth-order valence-electron chi connectivity index (χ4n) is 5.75. The zero-order chi connectivity index (χ0) is 23.5. The van der Waals surface area contributed by atoms with Gasteiger partial charge in [-0.1, -0.05) is 43.3 Å². The minimum Gasteiger partial charge on any atom is -0.496 e. The van der Waals surface area contributed by atoms with Gasteiger partial charge in [-0.3, -0.25) is 24.6 Å². The summed E-state index contributed by atoms with van der Waals surface area (Å²) in [6, 6.07) is 12.1. The van der Waals surface area contributed by atoms with Crippen LogP contribution in [0.3, 0.4) is 0 Å². The van der Waals surface area contributed by atoms with Crippen molar-refractivity contribution >= 4 is 23.4 Å². The smallest absolute Gasteiger partial charge is 0.250 e. The molecule has 3 unspecified atom stereocenters. The van der Waals surface area contributed by atoms with E-state index in [1.54, 1.807) is 19.1 Å². The molecule has 8 nitrogen and oxygen atoms in total. The molecule has 8 heteroatoms. The van der Waals surface area contributed by atoms with Crippen LogP contribution in [-0.4, -0.2) is 47.0 Å². The number of imide groups is 1. The van der Waals surface area contributed by atoms with Crippen molar-refractivity contribution in [3.05, 3.63) is 59.2 Å². The Bertz CT molecular complexity index is 1160. The van der Waals surface area contributed by atoms with E-state index in [1.807, 2.05) is 37.3 Å². The van der Waals surface area contributed by atoms with Gasteiger partial charge in [-0.05, 0) is 25.0 Å². The molecule has 172 valence electrons. The van der Waals surface area contributed by atoms with Gasteiger partial charge in [0.1, 0.15) is 11.3 Å². The van der Waals surface area contributed by atoms with E-state index in [-0.39, 0.29) is 18.4 Å². The first-order valence-electron chi connectivity index (χ1n) is 11.2. The number of ether oxygens (including phenoxy) is 1. The van der Waals surface area contributed by atoms with Crippen molar-refractivity contribution < 1.29 is 24.2 Å². The number of methoxy groups -OCH3 is 1. The zero-order valence-corrected chi connectivity index (χ0v) is 18.8. The molecule has 33 heavy (non-hydrogen) atoms. The molecule has 2 aromatic carbocycles. The van der Waals surface area contributed by atoms with Crippen molar-refractivity contribution in [1.82, 2.24) is 10.2 Å². The summed E-state index contributed by atoms with van der Waals surface area (Å²) >= 11 is 0. The molecule has 3 aliphatic rings. The van der Waals surface area contributed by atoms with E-state index in [4.69, 9.17) is 4.74 Å². The highest BCUT2D eigenvalue weighted by molar-refractivity contribution is 6.15. The summed E-state index contributed by atoms with van der Waals surface area (Å²) in [6.07, 6.45) is -0.230. The third kappa shape index (κ3) is 2.87. The second-order valence-electron chi connectivity index (χ2n) is 8.94. The van der Waals surface area contributed by atoms with E-state index in [0.717, 1.165) is 5.56 Å². The van der Waals surface area contributed by atoms with Gasteiger partial charge in [-0.15, -0.1) is 0 Å². The van der Waals surface area contributed by atoms with Gasteiger partial charge in [0, 0.05) is 22.9 Å². The first kappa shape index (κ1) is 21.6. The lowest BCUT2D eigenvalue weighted by atomic mass is 9.76. The van der Waals surface area contributed by atoms with Gasteiger partial charge in [-0.25, -0.2) is 0 Å². The summed E-state index contributed by atoms with van der Waals surface area (Å²) in [6.45, 7) is 3.61. The Labute approximate surface area is 191 Å². The Morgan fingerprint density at radius 2 is 1.82 bits per heavy atom. The van der Waals surface area contributed by atoms with Crippen LogP contribution in [-0.2, 0) is 32.9 Å². The van der Waals surface area contributed by atoms with Crippen molar-refractivity contribution in [2.75, 3.05) is 12.4 Å². The summed E-state index contributed by atoms with van der Waals surface area (Å²) in [7, 11) is 1.54. The minimum atomic E-state index is -1.41. The molecular weight excluding hydrogens is 422 g/mol. The Morgan fingerprint density at radius 1 is 1.09 bits per heavy atom. The van der Waals surface area contributed by atoms with E-state index in [1.165, 1.54) is 12.0 Å². The Hall–Kier alpha value is -3.23. The lowest BCUT2D eigenvalue weighted by Crippen LogP contribution is -2.54. The van der Waals surface area contributed by atoms with Gasteiger partial charge in [0.05, 0.1) is 31.6 Å². The number of likely N-dealkylation sites (tertiary alicyclic amines) is 1. The van der Waals surface area contributed by atoms with Crippen molar-refractivity contribution in [2.24, 2.45) is 11.8 Å². The normalized spacial score (nSPS) is 28.8. The highest BCUT2D eigenvalue weighted by atomic mass is 16.5. The second kappa shape index (κ2) is 7.67. The fraction of sp³-hybridized carbons (Fsp3) is 0.400. The Kier molecular flexibility index (Phi) is 5.02. The molecule has 0 bridgehead atoms. The highest BCUT2D eigenvalue weighted by Gasteiger charge is 2.71. The van der Waals surface area contributed by atoms with Crippen molar-refractivity contribution in [3.8, 4) is 5.75 Å². The number of nitrogens with one attached hydrogen (secondary N) is 2. The van der Waals surface area contributed by atoms with Crippen LogP contribution in [0.2, 0.25) is 0 Å². The molecular formula is C25H27N3O5. The number of benzene rings is 2. The quantitative estimate of drug-likeness (QED) is 0.598. The molecule has 3 N–H and O–H groups in total. The molecule has 3 aliphatic heterocycles. The minimum absolute atomic E-state index is 0.0424. The third-order valence-electron chi connectivity index (χ3n) is 7.28. The number of rotatable bonds is 5. The van der Waals surface area contributed by atoms with Gasteiger partial charge in [0.15, 0.2) is 0 Å². The maximum absolute atomic E-state index is 13.8. The van der Waals surface area contributed by atoms with E-state index < -0.39 is 35.4 Å². The maximum Gasteiger partial charge on any atom is 0.250 e. The molecule has 0 saturated carbocycles. The molecule has 1 spiro atoms. The van der Waals surface area contributed by atoms with Crippen LogP contribution in [0.4, 0.5) is 5.69 Å². The van der Waals surface area contributed by atoms with Crippen molar-refractivity contribution in [2.45, 2.75) is 44.5 Å². The molecule has 2 saturated heterocycles. The number of nitrogens with zero attached hydrogens (tertiary/aromatic N) is 1. The predicted octanol–water partition coefficient (Wildman–Crippen LogP) is 1.56. The lowest BCUT2D eigenvalue weighted by molar-refractivity contribution is -0.143. The Morgan fingerprint density at radius 3 is 2.52 bits per heavy atom. The number of para-hydroxylation sites is 2. The molecule has 3 heterocycles. The second-order valence-corrected chi connectivity index (χ2v) is 8.94. The number of carbonyl (C=O) groups excluding carboxylic acids is 3. The topological polar surface area (TPSA) is 108 Å². The molecule has 2 fully saturated rings. The number of amides is 3. The summed E-state index contributed by atoms with van der Waals surface area (Å²) < 4.78 is 5.40. The summed E-state index contributed by atoms with van der Waals surface area (Å²) in [5, 5.41) is 16.7. The van der Waals surface area contributed by atoms with Crippen molar-refractivity contribution in [1.29, 1.82) is 0 Å². The van der Waals surface area contributed by atoms with Crippen LogP contribution < -0.4 is 15.4 Å². The molecule has 5 atom stereocenters. The van der Waals surface area contributed by atoms with Crippen LogP contribution in [0.5, 0.6) is 5.75 Å². The number of anilines is 1. The summed E-state index contributed by atoms with van der Waals surface area (Å²) in [5.41, 5.74) is 1.59. The van der Waals surface area contributed by atoms with Crippen LogP contribution in [0.25, 0.3) is 0 Å². The first-order valence-corrected chi connectivity index (χ1v) is 11.2. The monoisotopic (exact) mass is 449 g/mol. The SMILES string of the molecule is CCc1cccc2c1NC(=O)C21NC(C(C)O)[C@H]2C(=O)N(Cc3ccccc3OC)C(=O)[C@H]21. The van der Waals surface area contributed by atoms with Crippen molar-refractivity contribution in [3.63, 3.8) is 0 Å². The number of aryl methyl sites for hydroxylation is 1. The largest absolute Gasteiger partial charge is 0.496 e. The number of carbonyl (C=O) groups is 3. The van der Waals surface area contributed by atoms with E-state index >= 15 is 0 Å². The molecule has 5 rings (SSSR count). The maximum atomic E-state index is 13.8. The molecule has 0 aliphatic carbocycles. The molecule has 2 aromatic rings. The lowest BCUT2D eigenvalue weighted by Gasteiger charge is -2.30. The van der Waals surface area contributed by atoms with Gasteiger partial charge < -0.3 is 15.2 Å². The summed E-state index contributed by atoms with van der Waals surface area (Å²) in [4.78, 5) is 42.1. The average Bonchev–Trinajstić information content (AvgIpc) is 3.40. The van der Waals surface area contributed by atoms with Gasteiger partial charge in [0.25, 0.3) is 0 Å². The highest BCUT2D eigenvalue weighted by Crippen LogP contribution is 2.54. The van der Waals surface area contributed by atoms with Crippen LogP contribution in [0, 0.1) is 11.8 Å². The number of fused-ring (bicyclic) bond motifs is 4. The molecule has 3 amide bonds. The first-order chi connectivity index (χ1) is 15.8. The molecule has 0 radical (unpaired) electrons. The van der Waals surface area contributed by atoms with Crippen LogP contribution >= 0.6 is 0 Å². The fourth-order valence-corrected chi connectivity index (χ4v) is 5.75. The third-order valence-corrected chi connectivity index (χ3v) is 7.28. The zero-order valence-electron chi connectivity index (χ0n) is 18.8. The summed E-state index contributed by atoms with van der Waals surface area (Å²) in [5.74, 6) is -2.40. The van der Waals surface area contributed by atoms with E-state index in [0.29, 0.717) is 29.0 Å². The molecule has 0 aromatic heterocycles. The van der Waals surface area contributed by atoms with Crippen LogP contribution in [0.1, 0.15) is 30.5 Å². The number of hydrogen-bond donors (Lipinski definition) is 3. The van der Waals surface area contributed by atoms with Crippen LogP contribution in [0.15, 0.2) is 42.5 Å². The predicted molar refractivity (Wildman–Crippen MR) is 120 cm³/mol. The number of hydrogen-bond acceptors (Lipinski definition) is 6. The van der Waals surface area contributed by atoms with Gasteiger partial charge >= 0.3 is 0 Å². The Balaban J connectivity index is 1.62. The number of aliphatic hydroxyl groups excluding tert-OH is 1. The van der Waals surface area contributed by atoms with Gasteiger partial charge in [-0.2, -0.15) is 0 Å².